The van der Waals surface area contributed by atoms with Crippen molar-refractivity contribution in [3.05, 3.63) is 140 Å². The fourth-order valence-electron chi connectivity index (χ4n) is 7.74. The van der Waals surface area contributed by atoms with Gasteiger partial charge in [0.2, 0.25) is 0 Å². The maximum Gasteiger partial charge on any atom is 0.155 e. The molecule has 0 unspecified atom stereocenters. The van der Waals surface area contributed by atoms with Crippen molar-refractivity contribution in [1.82, 2.24) is 14.1 Å². The van der Waals surface area contributed by atoms with Crippen LogP contribution in [0.25, 0.3) is 95.5 Å². The number of benzene rings is 6. The molecule has 214 valence electrons. The lowest BCUT2D eigenvalue weighted by Crippen LogP contribution is -1.96. The Balaban J connectivity index is 1.42. The number of hydrogen-bond acceptors (Lipinski definition) is 3. The topological polar surface area (TPSA) is 22.8 Å². The Kier molecular flexibility index (Phi) is 4.87. The highest BCUT2D eigenvalue weighted by Crippen LogP contribution is 2.52. The second kappa shape index (κ2) is 9.04. The lowest BCUT2D eigenvalue weighted by molar-refractivity contribution is 1.11. The van der Waals surface area contributed by atoms with E-state index < -0.39 is 0 Å². The van der Waals surface area contributed by atoms with Gasteiger partial charge in [-0.15, -0.1) is 22.7 Å². The van der Waals surface area contributed by atoms with Crippen molar-refractivity contribution < 1.29 is 0 Å². The molecule has 0 amide bonds. The predicted octanol–water partition coefficient (Wildman–Crippen LogP) is 12.0. The molecule has 5 aromatic heterocycles. The third kappa shape index (κ3) is 3.09. The van der Waals surface area contributed by atoms with E-state index in [1.165, 1.54) is 89.6 Å². The van der Waals surface area contributed by atoms with Gasteiger partial charge in [0.05, 0.1) is 31.5 Å². The number of hydrogen-bond donors (Lipinski definition) is 0. The van der Waals surface area contributed by atoms with Crippen LogP contribution >= 0.6 is 22.7 Å². The van der Waals surface area contributed by atoms with Crippen LogP contribution in [0.4, 0.5) is 0 Å². The van der Waals surface area contributed by atoms with Crippen molar-refractivity contribution in [3.8, 4) is 11.5 Å². The maximum absolute atomic E-state index is 5.14. The molecule has 0 N–H and O–H groups in total. The highest BCUT2D eigenvalue weighted by Gasteiger charge is 2.26. The van der Waals surface area contributed by atoms with Crippen molar-refractivity contribution in [2.24, 2.45) is 0 Å². The third-order valence-electron chi connectivity index (χ3n) is 9.55. The van der Waals surface area contributed by atoms with Crippen LogP contribution in [0, 0.1) is 0 Å². The van der Waals surface area contributed by atoms with E-state index in [2.05, 4.69) is 143 Å². The van der Waals surface area contributed by atoms with E-state index >= 15 is 0 Å². The summed E-state index contributed by atoms with van der Waals surface area (Å²) < 4.78 is 10.0. The minimum atomic E-state index is 0.987. The van der Waals surface area contributed by atoms with Gasteiger partial charge in [-0.05, 0) is 42.5 Å². The standard InChI is InChI=1S/C41H23N3S2/c1-2-12-24(13-3-1)43-32-20-10-6-16-27(32)34-35-28-17-7-11-21-33(28)45-39(35)36-29-22-23-42-41(38(29)46-40(36)37(34)43)44-30-18-8-4-14-25(30)26-15-5-9-19-31(26)44/h1-23H. The van der Waals surface area contributed by atoms with Crippen molar-refractivity contribution >= 4 is 107 Å². The minimum absolute atomic E-state index is 0.987. The summed E-state index contributed by atoms with van der Waals surface area (Å²) in [4.78, 5) is 5.14. The molecule has 0 bridgehead atoms. The average molecular weight is 622 g/mol. The molecule has 0 saturated heterocycles. The van der Waals surface area contributed by atoms with E-state index in [-0.39, 0.29) is 0 Å². The van der Waals surface area contributed by atoms with Crippen molar-refractivity contribution in [2.45, 2.75) is 0 Å². The van der Waals surface area contributed by atoms with Crippen molar-refractivity contribution in [3.63, 3.8) is 0 Å². The fourth-order valence-corrected chi connectivity index (χ4v) is 10.4. The van der Waals surface area contributed by atoms with Gasteiger partial charge < -0.3 is 4.57 Å². The van der Waals surface area contributed by atoms with Gasteiger partial charge in [0.25, 0.3) is 0 Å². The molecule has 0 aliphatic carbocycles. The fraction of sp³-hybridized carbons (Fsp3) is 0. The summed E-state index contributed by atoms with van der Waals surface area (Å²) >= 11 is 3.80. The molecule has 0 radical (unpaired) electrons. The molecule has 11 rings (SSSR count). The molecule has 0 saturated carbocycles. The molecule has 0 spiro atoms. The highest BCUT2D eigenvalue weighted by molar-refractivity contribution is 7.30. The Bertz CT molecular complexity index is 2980. The van der Waals surface area contributed by atoms with Crippen molar-refractivity contribution in [2.75, 3.05) is 0 Å². The molecule has 5 heterocycles. The van der Waals surface area contributed by atoms with Gasteiger partial charge in [-0.25, -0.2) is 4.98 Å². The summed E-state index contributed by atoms with van der Waals surface area (Å²) in [5.41, 5.74) is 6.03. The smallest absolute Gasteiger partial charge is 0.155 e. The van der Waals surface area contributed by atoms with Crippen LogP contribution in [0.3, 0.4) is 0 Å². The molecule has 3 nitrogen and oxygen atoms in total. The SMILES string of the molecule is c1ccc(-n2c3ccccc3c3c4c5ccccc5sc4c4c5ccnc(-n6c7ccccc7c7ccccc76)c5sc4c32)cc1. The van der Waals surface area contributed by atoms with Crippen LogP contribution in [-0.2, 0) is 0 Å². The van der Waals surface area contributed by atoms with Crippen molar-refractivity contribution in [1.29, 1.82) is 0 Å². The number of aromatic nitrogens is 3. The zero-order valence-corrected chi connectivity index (χ0v) is 26.1. The van der Waals surface area contributed by atoms with Crippen LogP contribution < -0.4 is 0 Å². The molecule has 0 aliphatic rings. The molecule has 0 aliphatic heterocycles. The molecule has 5 heteroatoms. The Hall–Kier alpha value is -5.49. The molecular weight excluding hydrogens is 599 g/mol. The highest BCUT2D eigenvalue weighted by atomic mass is 32.1. The summed E-state index contributed by atoms with van der Waals surface area (Å²) in [6.45, 7) is 0. The lowest BCUT2D eigenvalue weighted by Gasteiger charge is -2.09. The molecule has 0 fully saturated rings. The van der Waals surface area contributed by atoms with Crippen LogP contribution in [-0.4, -0.2) is 14.1 Å². The minimum Gasteiger partial charge on any atom is -0.308 e. The van der Waals surface area contributed by atoms with Gasteiger partial charge in [-0.1, -0.05) is 91.0 Å². The normalized spacial score (nSPS) is 12.3. The second-order valence-corrected chi connectivity index (χ2v) is 14.0. The predicted molar refractivity (Wildman–Crippen MR) is 199 cm³/mol. The van der Waals surface area contributed by atoms with E-state index in [0.29, 0.717) is 0 Å². The van der Waals surface area contributed by atoms with Gasteiger partial charge in [-0.2, -0.15) is 0 Å². The molecule has 11 aromatic rings. The Morgan fingerprint density at radius 3 is 1.76 bits per heavy atom. The van der Waals surface area contributed by atoms with Gasteiger partial charge >= 0.3 is 0 Å². The van der Waals surface area contributed by atoms with Gasteiger partial charge in [0.1, 0.15) is 0 Å². The Morgan fingerprint density at radius 2 is 1.02 bits per heavy atom. The number of para-hydroxylation sites is 4. The third-order valence-corrected chi connectivity index (χ3v) is 12.0. The quantitative estimate of drug-likeness (QED) is 0.188. The van der Waals surface area contributed by atoms with Gasteiger partial charge in [0.15, 0.2) is 5.82 Å². The zero-order chi connectivity index (χ0) is 29.9. The number of fused-ring (bicyclic) bond motifs is 15. The van der Waals surface area contributed by atoms with E-state index in [1.54, 1.807) is 0 Å². The van der Waals surface area contributed by atoms with E-state index in [1.807, 2.05) is 28.9 Å². The van der Waals surface area contributed by atoms with Gasteiger partial charge in [0, 0.05) is 64.4 Å². The number of nitrogens with zero attached hydrogens (tertiary/aromatic N) is 3. The van der Waals surface area contributed by atoms with Gasteiger partial charge in [-0.3, -0.25) is 4.57 Å². The van der Waals surface area contributed by atoms with Crippen LogP contribution in [0.1, 0.15) is 0 Å². The first-order chi connectivity index (χ1) is 22.9. The first kappa shape index (κ1) is 24.8. The van der Waals surface area contributed by atoms with E-state index in [9.17, 15) is 0 Å². The summed E-state index contributed by atoms with van der Waals surface area (Å²) in [5, 5.41) is 10.4. The van der Waals surface area contributed by atoms with Crippen LogP contribution in [0.15, 0.2) is 140 Å². The maximum atomic E-state index is 5.14. The van der Waals surface area contributed by atoms with E-state index in [4.69, 9.17) is 4.98 Å². The first-order valence-corrected chi connectivity index (χ1v) is 17.1. The van der Waals surface area contributed by atoms with E-state index in [0.717, 1.165) is 5.82 Å². The summed E-state index contributed by atoms with van der Waals surface area (Å²) in [6, 6.07) is 48.3. The first-order valence-electron chi connectivity index (χ1n) is 15.5. The summed E-state index contributed by atoms with van der Waals surface area (Å²) in [5.74, 6) is 0.987. The zero-order valence-electron chi connectivity index (χ0n) is 24.4. The molecule has 46 heavy (non-hydrogen) atoms. The summed E-state index contributed by atoms with van der Waals surface area (Å²) in [6.07, 6.45) is 2.00. The molecule has 6 aromatic carbocycles. The monoisotopic (exact) mass is 621 g/mol. The number of thiophene rings is 2. The largest absolute Gasteiger partial charge is 0.308 e. The Morgan fingerprint density at radius 1 is 0.413 bits per heavy atom. The number of pyridine rings is 1. The lowest BCUT2D eigenvalue weighted by atomic mass is 10.0. The second-order valence-electron chi connectivity index (χ2n) is 11.9. The molecule has 0 atom stereocenters. The van der Waals surface area contributed by atoms with Crippen LogP contribution in [0.5, 0.6) is 0 Å². The Labute approximate surface area is 270 Å². The number of rotatable bonds is 2. The average Bonchev–Trinajstić information content (AvgIpc) is 3.86. The molecular formula is C41H23N3S2. The summed E-state index contributed by atoms with van der Waals surface area (Å²) in [7, 11) is 0. The van der Waals surface area contributed by atoms with Crippen LogP contribution in [0.2, 0.25) is 0 Å².